The van der Waals surface area contributed by atoms with E-state index < -0.39 is 0 Å². The normalized spacial score (nSPS) is 10.6. The maximum Gasteiger partial charge on any atom is 0.256 e. The molecule has 104 valence electrons. The molecule has 4 heteroatoms. The van der Waals surface area contributed by atoms with Gasteiger partial charge in [-0.2, -0.15) is 0 Å². The van der Waals surface area contributed by atoms with Crippen molar-refractivity contribution in [3.63, 3.8) is 0 Å². The predicted octanol–water partition coefficient (Wildman–Crippen LogP) is 4.56. The van der Waals surface area contributed by atoms with Crippen LogP contribution in [-0.4, -0.2) is 10.9 Å². The number of anilines is 1. The number of amides is 1. The summed E-state index contributed by atoms with van der Waals surface area (Å²) >= 11 is 3.44. The van der Waals surface area contributed by atoms with Crippen molar-refractivity contribution in [3.05, 3.63) is 70.3 Å². The average Bonchev–Trinajstić information content (AvgIpc) is 2.49. The lowest BCUT2D eigenvalue weighted by molar-refractivity contribution is 0.102. The molecule has 1 amide bonds. The topological polar surface area (TPSA) is 42.0 Å². The fourth-order valence-corrected chi connectivity index (χ4v) is 2.47. The summed E-state index contributed by atoms with van der Waals surface area (Å²) in [6.07, 6.45) is 1.73. The Morgan fingerprint density at radius 2 is 1.81 bits per heavy atom. The number of aryl methyl sites for hydroxylation is 1. The summed E-state index contributed by atoms with van der Waals surface area (Å²) in [6.45, 7) is 1.96. The van der Waals surface area contributed by atoms with Gasteiger partial charge in [0.15, 0.2) is 0 Å². The van der Waals surface area contributed by atoms with E-state index >= 15 is 0 Å². The third-order valence-corrected chi connectivity index (χ3v) is 3.71. The third kappa shape index (κ3) is 3.11. The molecule has 0 saturated heterocycles. The van der Waals surface area contributed by atoms with Crippen LogP contribution in [0.25, 0.3) is 10.8 Å². The van der Waals surface area contributed by atoms with Gasteiger partial charge in [-0.25, -0.2) is 4.98 Å². The highest BCUT2D eigenvalue weighted by Gasteiger charge is 2.07. The second-order valence-corrected chi connectivity index (χ2v) is 5.80. The molecule has 3 aromatic rings. The average molecular weight is 341 g/mol. The molecule has 0 atom stereocenters. The second-order valence-electron chi connectivity index (χ2n) is 4.88. The van der Waals surface area contributed by atoms with Gasteiger partial charge in [0.05, 0.1) is 0 Å². The molecule has 1 N–H and O–H groups in total. The van der Waals surface area contributed by atoms with E-state index in [1.165, 1.54) is 0 Å². The number of hydrogen-bond acceptors (Lipinski definition) is 2. The van der Waals surface area contributed by atoms with Crippen LogP contribution >= 0.6 is 15.9 Å². The zero-order valence-electron chi connectivity index (χ0n) is 11.4. The molecule has 2 aromatic carbocycles. The first-order chi connectivity index (χ1) is 10.1. The van der Waals surface area contributed by atoms with Gasteiger partial charge in [-0.15, -0.1) is 0 Å². The van der Waals surface area contributed by atoms with Crippen LogP contribution in [-0.2, 0) is 0 Å². The summed E-state index contributed by atoms with van der Waals surface area (Å²) in [5.74, 6) is 0.401. The van der Waals surface area contributed by atoms with Crippen molar-refractivity contribution in [2.45, 2.75) is 6.92 Å². The van der Waals surface area contributed by atoms with Crippen LogP contribution in [0.4, 0.5) is 5.82 Å². The number of rotatable bonds is 2. The van der Waals surface area contributed by atoms with Crippen molar-refractivity contribution in [2.75, 3.05) is 5.32 Å². The van der Waals surface area contributed by atoms with Crippen LogP contribution in [0.1, 0.15) is 15.9 Å². The lowest BCUT2D eigenvalue weighted by Gasteiger charge is -2.06. The van der Waals surface area contributed by atoms with Gasteiger partial charge >= 0.3 is 0 Å². The molecule has 0 unspecified atom stereocenters. The van der Waals surface area contributed by atoms with Crippen molar-refractivity contribution in [1.29, 1.82) is 0 Å². The van der Waals surface area contributed by atoms with Crippen LogP contribution in [0.5, 0.6) is 0 Å². The van der Waals surface area contributed by atoms with E-state index in [0.29, 0.717) is 11.4 Å². The van der Waals surface area contributed by atoms with E-state index in [4.69, 9.17) is 0 Å². The standard InChI is InChI=1S/C17H13BrN2O/c1-11-2-7-16(19-10-11)20-17(21)14-4-3-13-9-15(18)6-5-12(13)8-14/h2-10H,1H3,(H,19,20,21). The molecule has 1 heterocycles. The number of nitrogens with zero attached hydrogens (tertiary/aromatic N) is 1. The molecule has 1 aromatic heterocycles. The molecule has 21 heavy (non-hydrogen) atoms. The van der Waals surface area contributed by atoms with Gasteiger partial charge in [0.1, 0.15) is 5.82 Å². The first-order valence-corrected chi connectivity index (χ1v) is 7.34. The molecule has 0 fully saturated rings. The van der Waals surface area contributed by atoms with Crippen molar-refractivity contribution >= 4 is 38.4 Å². The smallest absolute Gasteiger partial charge is 0.256 e. The molecule has 0 aliphatic carbocycles. The van der Waals surface area contributed by atoms with Crippen LogP contribution in [0, 0.1) is 6.92 Å². The number of fused-ring (bicyclic) bond motifs is 1. The summed E-state index contributed by atoms with van der Waals surface area (Å²) in [4.78, 5) is 16.4. The molecule has 0 spiro atoms. The van der Waals surface area contributed by atoms with Crippen LogP contribution in [0.3, 0.4) is 0 Å². The van der Waals surface area contributed by atoms with Gasteiger partial charge < -0.3 is 5.32 Å². The van der Waals surface area contributed by atoms with Gasteiger partial charge in [-0.3, -0.25) is 4.79 Å². The first kappa shape index (κ1) is 13.8. The minimum absolute atomic E-state index is 0.156. The molecule has 3 rings (SSSR count). The SMILES string of the molecule is Cc1ccc(NC(=O)c2ccc3cc(Br)ccc3c2)nc1. The minimum atomic E-state index is -0.156. The fraction of sp³-hybridized carbons (Fsp3) is 0.0588. The van der Waals surface area contributed by atoms with E-state index in [1.54, 1.807) is 12.3 Å². The maximum atomic E-state index is 12.2. The Bertz CT molecular complexity index is 813. The Kier molecular flexibility index (Phi) is 3.71. The third-order valence-electron chi connectivity index (χ3n) is 3.22. The molecule has 3 nitrogen and oxygen atoms in total. The quantitative estimate of drug-likeness (QED) is 0.743. The van der Waals surface area contributed by atoms with Crippen molar-refractivity contribution < 1.29 is 4.79 Å². The molecule has 0 aliphatic heterocycles. The number of pyridine rings is 1. The highest BCUT2D eigenvalue weighted by molar-refractivity contribution is 9.10. The van der Waals surface area contributed by atoms with Crippen molar-refractivity contribution in [2.24, 2.45) is 0 Å². The van der Waals surface area contributed by atoms with E-state index in [0.717, 1.165) is 20.8 Å². The van der Waals surface area contributed by atoms with Gasteiger partial charge in [0.25, 0.3) is 5.91 Å². The van der Waals surface area contributed by atoms with Crippen LogP contribution in [0.2, 0.25) is 0 Å². The van der Waals surface area contributed by atoms with Gasteiger partial charge in [-0.1, -0.05) is 34.1 Å². The molecular weight excluding hydrogens is 328 g/mol. The zero-order chi connectivity index (χ0) is 14.8. The number of halogens is 1. The van der Waals surface area contributed by atoms with E-state index in [2.05, 4.69) is 26.2 Å². The Morgan fingerprint density at radius 1 is 1.05 bits per heavy atom. The highest BCUT2D eigenvalue weighted by Crippen LogP contribution is 2.21. The van der Waals surface area contributed by atoms with Crippen molar-refractivity contribution in [1.82, 2.24) is 4.98 Å². The predicted molar refractivity (Wildman–Crippen MR) is 88.6 cm³/mol. The molecule has 0 radical (unpaired) electrons. The monoisotopic (exact) mass is 340 g/mol. The van der Waals surface area contributed by atoms with E-state index in [1.807, 2.05) is 49.4 Å². The van der Waals surface area contributed by atoms with Crippen molar-refractivity contribution in [3.8, 4) is 0 Å². The minimum Gasteiger partial charge on any atom is -0.307 e. The lowest BCUT2D eigenvalue weighted by Crippen LogP contribution is -2.12. The number of benzene rings is 2. The summed E-state index contributed by atoms with van der Waals surface area (Å²) in [5, 5.41) is 4.92. The Morgan fingerprint density at radius 3 is 2.57 bits per heavy atom. The number of carbonyl (C=O) groups is 1. The second kappa shape index (κ2) is 5.66. The summed E-state index contributed by atoms with van der Waals surface area (Å²) in [7, 11) is 0. The molecular formula is C17H13BrN2O. The summed E-state index contributed by atoms with van der Waals surface area (Å²) < 4.78 is 1.02. The number of aromatic nitrogens is 1. The molecule has 0 bridgehead atoms. The highest BCUT2D eigenvalue weighted by atomic mass is 79.9. The van der Waals surface area contributed by atoms with E-state index in [9.17, 15) is 4.79 Å². The van der Waals surface area contributed by atoms with Crippen LogP contribution < -0.4 is 5.32 Å². The van der Waals surface area contributed by atoms with Gasteiger partial charge in [0, 0.05) is 16.2 Å². The molecule has 0 saturated carbocycles. The fourth-order valence-electron chi connectivity index (χ4n) is 2.09. The summed E-state index contributed by atoms with van der Waals surface area (Å²) in [5.41, 5.74) is 1.68. The summed E-state index contributed by atoms with van der Waals surface area (Å²) in [6, 6.07) is 15.3. The van der Waals surface area contributed by atoms with Crippen LogP contribution in [0.15, 0.2) is 59.2 Å². The molecule has 0 aliphatic rings. The maximum absolute atomic E-state index is 12.2. The number of carbonyl (C=O) groups excluding carboxylic acids is 1. The Balaban J connectivity index is 1.87. The number of nitrogens with one attached hydrogen (secondary N) is 1. The zero-order valence-corrected chi connectivity index (χ0v) is 13.0. The first-order valence-electron chi connectivity index (χ1n) is 6.55. The van der Waals surface area contributed by atoms with Gasteiger partial charge in [-0.05, 0) is 53.6 Å². The van der Waals surface area contributed by atoms with E-state index in [-0.39, 0.29) is 5.91 Å². The Labute approximate surface area is 131 Å². The van der Waals surface area contributed by atoms with Gasteiger partial charge in [0.2, 0.25) is 0 Å². The Hall–Kier alpha value is -2.20. The number of hydrogen-bond donors (Lipinski definition) is 1. The largest absolute Gasteiger partial charge is 0.307 e. The lowest BCUT2D eigenvalue weighted by atomic mass is 10.1.